The van der Waals surface area contributed by atoms with Gasteiger partial charge in [0.25, 0.3) is 0 Å². The third kappa shape index (κ3) is 3.23. The van der Waals surface area contributed by atoms with Crippen LogP contribution in [0.25, 0.3) is 22.4 Å². The number of benzene rings is 1. The van der Waals surface area contributed by atoms with E-state index in [-0.39, 0.29) is 17.8 Å². The van der Waals surface area contributed by atoms with Crippen LogP contribution in [-0.2, 0) is 0 Å². The Labute approximate surface area is 168 Å². The summed E-state index contributed by atoms with van der Waals surface area (Å²) >= 11 is 0. The number of alkyl halides is 1. The van der Waals surface area contributed by atoms with E-state index in [4.69, 9.17) is 0 Å². The summed E-state index contributed by atoms with van der Waals surface area (Å²) in [6, 6.07) is 9.18. The first-order valence-corrected chi connectivity index (χ1v) is 9.89. The summed E-state index contributed by atoms with van der Waals surface area (Å²) in [5, 5.41) is 29.1. The normalized spacial score (nSPS) is 25.9. The van der Waals surface area contributed by atoms with Gasteiger partial charge in [-0.1, -0.05) is 6.07 Å². The molecule has 4 heterocycles. The predicted molar refractivity (Wildman–Crippen MR) is 108 cm³/mol. The number of hydrogen-bond acceptors (Lipinski definition) is 6. The molecule has 1 aromatic carbocycles. The third-order valence-corrected chi connectivity index (χ3v) is 6.17. The number of rotatable bonds is 4. The van der Waals surface area contributed by atoms with Crippen molar-refractivity contribution in [1.29, 1.82) is 0 Å². The van der Waals surface area contributed by atoms with Crippen molar-refractivity contribution in [3.05, 3.63) is 42.7 Å². The molecule has 0 aliphatic carbocycles. The van der Waals surface area contributed by atoms with Crippen molar-refractivity contribution in [3.8, 4) is 28.1 Å². The van der Waals surface area contributed by atoms with Crippen LogP contribution in [0.5, 0.6) is 5.75 Å². The van der Waals surface area contributed by atoms with E-state index < -0.39 is 6.17 Å². The highest BCUT2D eigenvalue weighted by molar-refractivity contribution is 5.73. The lowest BCUT2D eigenvalue weighted by Crippen LogP contribution is -2.55. The van der Waals surface area contributed by atoms with Crippen molar-refractivity contribution in [1.82, 2.24) is 25.7 Å². The summed E-state index contributed by atoms with van der Waals surface area (Å²) in [6.07, 6.45) is 5.25. The average molecular weight is 394 g/mol. The fourth-order valence-corrected chi connectivity index (χ4v) is 4.51. The van der Waals surface area contributed by atoms with Crippen LogP contribution >= 0.6 is 0 Å². The molecule has 0 saturated carbocycles. The van der Waals surface area contributed by atoms with Gasteiger partial charge in [0.15, 0.2) is 5.82 Å². The highest BCUT2D eigenvalue weighted by atomic mass is 19.1. The second kappa shape index (κ2) is 7.11. The molecule has 150 valence electrons. The maximum Gasteiger partial charge on any atom is 0.151 e. The number of hydrogen-bond donors (Lipinski definition) is 3. The van der Waals surface area contributed by atoms with Gasteiger partial charge in [-0.3, -0.25) is 5.10 Å². The van der Waals surface area contributed by atoms with Gasteiger partial charge in [0.2, 0.25) is 0 Å². The van der Waals surface area contributed by atoms with E-state index in [2.05, 4.69) is 25.7 Å². The number of aromatic hydroxyl groups is 1. The summed E-state index contributed by atoms with van der Waals surface area (Å²) in [6.45, 7) is 0. The largest absolute Gasteiger partial charge is 0.507 e. The Morgan fingerprint density at radius 2 is 2.03 bits per heavy atom. The average Bonchev–Trinajstić information content (AvgIpc) is 3.41. The van der Waals surface area contributed by atoms with Crippen molar-refractivity contribution in [2.75, 3.05) is 11.9 Å². The van der Waals surface area contributed by atoms with E-state index in [9.17, 15) is 9.50 Å². The van der Waals surface area contributed by atoms with Crippen LogP contribution < -0.4 is 10.2 Å². The van der Waals surface area contributed by atoms with Gasteiger partial charge < -0.3 is 15.3 Å². The lowest BCUT2D eigenvalue weighted by molar-refractivity contribution is 0.176. The highest BCUT2D eigenvalue weighted by Gasteiger charge is 2.43. The first-order chi connectivity index (χ1) is 14.1. The van der Waals surface area contributed by atoms with E-state index in [1.165, 1.54) is 0 Å². The SMILES string of the molecule is CN(c1ccc(-c2ccc(-c3cn[nH]c3)cc2O)nn1)[C@@H]1CC2CCC(N2)[C@@H]1F. The molecule has 5 rings (SSSR count). The molecule has 4 atom stereocenters. The van der Waals surface area contributed by atoms with Crippen LogP contribution in [-0.4, -0.2) is 56.8 Å². The van der Waals surface area contributed by atoms with Gasteiger partial charge in [-0.05, 0) is 49.1 Å². The molecule has 0 radical (unpaired) electrons. The molecule has 2 aromatic heterocycles. The molecule has 3 N–H and O–H groups in total. The number of nitrogens with zero attached hydrogens (tertiary/aromatic N) is 4. The van der Waals surface area contributed by atoms with Crippen molar-refractivity contribution in [2.45, 2.75) is 43.6 Å². The number of aromatic amines is 1. The van der Waals surface area contributed by atoms with Gasteiger partial charge in [-0.25, -0.2) is 4.39 Å². The zero-order valence-electron chi connectivity index (χ0n) is 16.1. The van der Waals surface area contributed by atoms with Crippen molar-refractivity contribution >= 4 is 5.82 Å². The molecule has 29 heavy (non-hydrogen) atoms. The van der Waals surface area contributed by atoms with Gasteiger partial charge >= 0.3 is 0 Å². The number of H-pyrrole nitrogens is 1. The second-order valence-electron chi connectivity index (χ2n) is 7.90. The molecule has 0 spiro atoms. The summed E-state index contributed by atoms with van der Waals surface area (Å²) in [5.74, 6) is 0.759. The van der Waals surface area contributed by atoms with Crippen LogP contribution in [0.1, 0.15) is 19.3 Å². The Kier molecular flexibility index (Phi) is 4.43. The molecule has 2 saturated heterocycles. The Hall–Kier alpha value is -3.00. The Bertz CT molecular complexity index is 993. The fraction of sp³-hybridized carbons (Fsp3) is 0.381. The third-order valence-electron chi connectivity index (χ3n) is 6.17. The molecule has 7 nitrogen and oxygen atoms in total. The first kappa shape index (κ1) is 18.1. The number of phenolic OH excluding ortho intramolecular Hbond substituents is 1. The Balaban J connectivity index is 1.36. The minimum absolute atomic E-state index is 0.0564. The molecule has 2 aliphatic heterocycles. The van der Waals surface area contributed by atoms with Crippen LogP contribution in [0, 0.1) is 0 Å². The number of aromatic nitrogens is 4. The van der Waals surface area contributed by atoms with Crippen molar-refractivity contribution < 1.29 is 9.50 Å². The molecular formula is C21H23FN6O. The standard InChI is InChI=1S/C21H23FN6O/c1-28(18-9-14-3-5-17(25-14)21(18)22)20-7-6-16(26-27-20)15-4-2-12(8-19(15)29)13-10-23-24-11-13/h2,4,6-8,10-11,14,17-18,21,25,29H,3,5,9H2,1H3,(H,23,24)/t14?,17?,18-,21+/m1/s1. The number of piperidine rings is 1. The summed E-state index contributed by atoms with van der Waals surface area (Å²) in [5.41, 5.74) is 2.92. The number of fused-ring (bicyclic) bond motifs is 2. The Morgan fingerprint density at radius 3 is 2.76 bits per heavy atom. The number of anilines is 1. The monoisotopic (exact) mass is 394 g/mol. The molecule has 3 aromatic rings. The van der Waals surface area contributed by atoms with Crippen molar-refractivity contribution in [2.24, 2.45) is 0 Å². The Morgan fingerprint density at radius 1 is 1.14 bits per heavy atom. The second-order valence-corrected chi connectivity index (χ2v) is 7.90. The lowest BCUT2D eigenvalue weighted by Gasteiger charge is -2.38. The summed E-state index contributed by atoms with van der Waals surface area (Å²) < 4.78 is 14.8. The maximum atomic E-state index is 14.8. The molecule has 2 aliphatic rings. The van der Waals surface area contributed by atoms with E-state index in [1.54, 1.807) is 18.5 Å². The smallest absolute Gasteiger partial charge is 0.151 e. The number of nitrogens with one attached hydrogen (secondary N) is 2. The summed E-state index contributed by atoms with van der Waals surface area (Å²) in [7, 11) is 1.88. The van der Waals surface area contributed by atoms with Gasteiger partial charge in [0.1, 0.15) is 11.9 Å². The molecule has 2 unspecified atom stereocenters. The summed E-state index contributed by atoms with van der Waals surface area (Å²) in [4.78, 5) is 1.90. The minimum atomic E-state index is -0.917. The predicted octanol–water partition coefficient (Wildman–Crippen LogP) is 2.91. The van der Waals surface area contributed by atoms with Gasteiger partial charge in [-0.2, -0.15) is 5.10 Å². The molecular weight excluding hydrogens is 371 g/mol. The van der Waals surface area contributed by atoms with Crippen LogP contribution in [0.2, 0.25) is 0 Å². The van der Waals surface area contributed by atoms with E-state index in [0.29, 0.717) is 23.1 Å². The van der Waals surface area contributed by atoms with Gasteiger partial charge in [0.05, 0.1) is 17.9 Å². The van der Waals surface area contributed by atoms with Gasteiger partial charge in [0, 0.05) is 36.5 Å². The first-order valence-electron chi connectivity index (χ1n) is 9.89. The lowest BCUT2D eigenvalue weighted by atomic mass is 9.96. The minimum Gasteiger partial charge on any atom is -0.507 e. The van der Waals surface area contributed by atoms with E-state index >= 15 is 0 Å². The van der Waals surface area contributed by atoms with Crippen LogP contribution in [0.15, 0.2) is 42.7 Å². The van der Waals surface area contributed by atoms with E-state index in [0.717, 1.165) is 30.4 Å². The zero-order chi connectivity index (χ0) is 20.0. The fourth-order valence-electron chi connectivity index (χ4n) is 4.51. The molecule has 8 heteroatoms. The van der Waals surface area contributed by atoms with E-state index in [1.807, 2.05) is 36.2 Å². The van der Waals surface area contributed by atoms with Gasteiger partial charge in [-0.15, -0.1) is 10.2 Å². The molecule has 0 amide bonds. The molecule has 2 fully saturated rings. The van der Waals surface area contributed by atoms with Crippen molar-refractivity contribution in [3.63, 3.8) is 0 Å². The number of halogens is 1. The number of phenols is 1. The quantitative estimate of drug-likeness (QED) is 0.630. The van der Waals surface area contributed by atoms with Crippen LogP contribution in [0.3, 0.4) is 0 Å². The zero-order valence-corrected chi connectivity index (χ0v) is 16.1. The molecule has 2 bridgehead atoms. The van der Waals surface area contributed by atoms with Crippen LogP contribution in [0.4, 0.5) is 10.2 Å². The highest BCUT2D eigenvalue weighted by Crippen LogP contribution is 2.35. The maximum absolute atomic E-state index is 14.8. The topological polar surface area (TPSA) is 90.0 Å².